The van der Waals surface area contributed by atoms with Crippen molar-refractivity contribution in [1.29, 1.82) is 0 Å². The molecule has 10 heteroatoms. The number of quaternary nitrogens is 1. The molecule has 1 aliphatic rings. The first-order valence-electron chi connectivity index (χ1n) is 9.51. The Morgan fingerprint density at radius 2 is 1.60 bits per heavy atom. The molecular weight excluding hydrogens is 414 g/mol. The Balaban J connectivity index is 1.81. The lowest BCUT2D eigenvalue weighted by Gasteiger charge is -2.30. The van der Waals surface area contributed by atoms with E-state index in [4.69, 9.17) is 4.42 Å². The first-order chi connectivity index (χ1) is 14.1. The second-order valence-electron chi connectivity index (χ2n) is 7.29. The quantitative estimate of drug-likeness (QED) is 0.701. The molecule has 2 aromatic rings. The topological polar surface area (TPSA) is 46.7 Å². The molecule has 2 heterocycles. The van der Waals surface area contributed by atoms with Crippen molar-refractivity contribution >= 4 is 5.91 Å². The number of halogens is 6. The van der Waals surface area contributed by atoms with Crippen LogP contribution in [0.4, 0.5) is 26.3 Å². The molecule has 30 heavy (non-hydrogen) atoms. The van der Waals surface area contributed by atoms with Crippen LogP contribution in [0.15, 0.2) is 41.0 Å². The Bertz CT molecular complexity index is 823. The van der Waals surface area contributed by atoms with Crippen LogP contribution in [0.2, 0.25) is 0 Å². The third kappa shape index (κ3) is 5.35. The van der Waals surface area contributed by atoms with E-state index in [1.165, 1.54) is 6.26 Å². The lowest BCUT2D eigenvalue weighted by atomic mass is 10.0. The van der Waals surface area contributed by atoms with Gasteiger partial charge in [-0.3, -0.25) is 4.79 Å². The van der Waals surface area contributed by atoms with Gasteiger partial charge in [-0.15, -0.1) is 0 Å². The summed E-state index contributed by atoms with van der Waals surface area (Å²) in [6.07, 6.45) is -5.47. The molecule has 1 aromatic carbocycles. The monoisotopic (exact) mass is 435 g/mol. The highest BCUT2D eigenvalue weighted by molar-refractivity contribution is 5.94. The van der Waals surface area contributed by atoms with E-state index >= 15 is 0 Å². The number of likely N-dealkylation sites (tertiary alicyclic amines) is 1. The molecule has 0 spiro atoms. The minimum Gasteiger partial charge on any atom is -0.463 e. The lowest BCUT2D eigenvalue weighted by Crippen LogP contribution is -3.13. The number of nitrogens with one attached hydrogen (secondary N) is 2. The lowest BCUT2D eigenvalue weighted by molar-refractivity contribution is -0.936. The number of hydrogen-bond donors (Lipinski definition) is 2. The van der Waals surface area contributed by atoms with Crippen molar-refractivity contribution in [2.24, 2.45) is 0 Å². The fourth-order valence-corrected chi connectivity index (χ4v) is 3.67. The van der Waals surface area contributed by atoms with E-state index in [1.807, 2.05) is 0 Å². The molecule has 1 aliphatic heterocycles. The molecule has 0 saturated carbocycles. The summed E-state index contributed by atoms with van der Waals surface area (Å²) in [7, 11) is 0. The number of hydrogen-bond acceptors (Lipinski definition) is 2. The largest absolute Gasteiger partial charge is 0.463 e. The average molecular weight is 435 g/mol. The number of carbonyl (C=O) groups is 1. The van der Waals surface area contributed by atoms with Gasteiger partial charge < -0.3 is 14.6 Å². The molecule has 3 rings (SSSR count). The van der Waals surface area contributed by atoms with Gasteiger partial charge in [-0.25, -0.2) is 0 Å². The summed E-state index contributed by atoms with van der Waals surface area (Å²) in [6.45, 7) is 1.70. The van der Waals surface area contributed by atoms with E-state index in [0.717, 1.165) is 37.3 Å². The third-order valence-electron chi connectivity index (χ3n) is 5.19. The Morgan fingerprint density at radius 3 is 2.10 bits per heavy atom. The normalized spacial score (nSPS) is 17.0. The van der Waals surface area contributed by atoms with Crippen LogP contribution in [0.5, 0.6) is 0 Å². The minimum atomic E-state index is -5.01. The summed E-state index contributed by atoms with van der Waals surface area (Å²) >= 11 is 0. The first kappa shape index (κ1) is 22.2. The summed E-state index contributed by atoms with van der Waals surface area (Å²) in [5.41, 5.74) is -3.73. The summed E-state index contributed by atoms with van der Waals surface area (Å²) < 4.78 is 83.6. The van der Waals surface area contributed by atoms with Crippen LogP contribution in [0.1, 0.15) is 52.5 Å². The second kappa shape index (κ2) is 8.71. The Kier molecular flexibility index (Phi) is 6.44. The maximum Gasteiger partial charge on any atom is 0.416 e. The number of rotatable bonds is 5. The highest BCUT2D eigenvalue weighted by Gasteiger charge is 2.37. The molecule has 1 saturated heterocycles. The minimum absolute atomic E-state index is 0.000310. The fraction of sp³-hybridized carbons (Fsp3) is 0.450. The van der Waals surface area contributed by atoms with E-state index in [1.54, 1.807) is 12.1 Å². The Morgan fingerprint density at radius 1 is 1.00 bits per heavy atom. The summed E-state index contributed by atoms with van der Waals surface area (Å²) in [5.74, 6) is -0.396. The molecule has 164 valence electrons. The van der Waals surface area contributed by atoms with Crippen molar-refractivity contribution in [2.75, 3.05) is 19.6 Å². The zero-order valence-electron chi connectivity index (χ0n) is 15.9. The van der Waals surface area contributed by atoms with Gasteiger partial charge in [-0.2, -0.15) is 26.3 Å². The van der Waals surface area contributed by atoms with Crippen molar-refractivity contribution in [1.82, 2.24) is 5.32 Å². The van der Waals surface area contributed by atoms with Gasteiger partial charge in [0.15, 0.2) is 11.8 Å². The standard InChI is InChI=1S/C20H20F6N2O2/c21-19(22,23)14-9-13(10-15(11-14)20(24,25)26)18(29)27-12-16(17-5-4-8-30-17)28-6-2-1-3-7-28/h4-5,8-11,16H,1-3,6-7,12H2,(H,27,29)/p+1/t16-/m0/s1. The van der Waals surface area contributed by atoms with Gasteiger partial charge in [0, 0.05) is 5.56 Å². The van der Waals surface area contributed by atoms with Crippen molar-refractivity contribution < 1.29 is 40.5 Å². The van der Waals surface area contributed by atoms with Gasteiger partial charge in [0.1, 0.15) is 0 Å². The number of piperidine rings is 1. The van der Waals surface area contributed by atoms with E-state index in [2.05, 4.69) is 5.32 Å². The summed E-state index contributed by atoms with van der Waals surface area (Å²) in [4.78, 5) is 13.6. The van der Waals surface area contributed by atoms with E-state index in [-0.39, 0.29) is 18.7 Å². The molecule has 0 radical (unpaired) electrons. The SMILES string of the molecule is O=C(NC[C@@H](c1ccco1)[NH+]1CCCCC1)c1cc(C(F)(F)F)cc(C(F)(F)F)c1. The summed E-state index contributed by atoms with van der Waals surface area (Å²) in [5, 5.41) is 2.49. The molecule has 2 N–H and O–H groups in total. The molecule has 0 aliphatic carbocycles. The second-order valence-corrected chi connectivity index (χ2v) is 7.29. The smallest absolute Gasteiger partial charge is 0.416 e. The van der Waals surface area contributed by atoms with Gasteiger partial charge >= 0.3 is 12.4 Å². The maximum atomic E-state index is 13.0. The molecular formula is C20H21F6N2O2+. The van der Waals surface area contributed by atoms with Crippen LogP contribution in [-0.2, 0) is 12.4 Å². The average Bonchev–Trinajstić information content (AvgIpc) is 3.21. The zero-order valence-corrected chi connectivity index (χ0v) is 15.9. The Hall–Kier alpha value is -2.49. The number of benzene rings is 1. The summed E-state index contributed by atoms with van der Waals surface area (Å²) in [6, 6.07) is 4.01. The van der Waals surface area contributed by atoms with E-state index in [0.29, 0.717) is 17.9 Å². The highest BCUT2D eigenvalue weighted by atomic mass is 19.4. The first-order valence-corrected chi connectivity index (χ1v) is 9.51. The Labute approximate surface area is 168 Å². The maximum absolute atomic E-state index is 13.0. The van der Waals surface area contributed by atoms with Crippen LogP contribution < -0.4 is 10.2 Å². The number of amides is 1. The van der Waals surface area contributed by atoms with Gasteiger partial charge in [-0.05, 0) is 49.6 Å². The zero-order chi connectivity index (χ0) is 21.9. The van der Waals surface area contributed by atoms with E-state index < -0.39 is 35.0 Å². The molecule has 0 unspecified atom stereocenters. The van der Waals surface area contributed by atoms with Crippen molar-refractivity contribution in [3.63, 3.8) is 0 Å². The molecule has 1 fully saturated rings. The van der Waals surface area contributed by atoms with Crippen LogP contribution in [-0.4, -0.2) is 25.5 Å². The molecule has 1 atom stereocenters. The van der Waals surface area contributed by atoms with Gasteiger partial charge in [0.25, 0.3) is 5.91 Å². The van der Waals surface area contributed by atoms with Crippen molar-refractivity contribution in [3.05, 3.63) is 59.0 Å². The number of alkyl halides is 6. The highest BCUT2D eigenvalue weighted by Crippen LogP contribution is 2.36. The predicted molar refractivity (Wildman–Crippen MR) is 94.8 cm³/mol. The molecule has 0 bridgehead atoms. The van der Waals surface area contributed by atoms with Gasteiger partial charge in [-0.1, -0.05) is 0 Å². The predicted octanol–water partition coefficient (Wildman–Crippen LogP) is 3.86. The number of furan rings is 1. The van der Waals surface area contributed by atoms with E-state index in [9.17, 15) is 31.1 Å². The van der Waals surface area contributed by atoms with Crippen LogP contribution in [0.3, 0.4) is 0 Å². The van der Waals surface area contributed by atoms with Gasteiger partial charge in [0.2, 0.25) is 0 Å². The third-order valence-corrected chi connectivity index (χ3v) is 5.19. The molecule has 4 nitrogen and oxygen atoms in total. The van der Waals surface area contributed by atoms with Gasteiger partial charge in [0.05, 0.1) is 37.0 Å². The van der Waals surface area contributed by atoms with Crippen LogP contribution >= 0.6 is 0 Å². The van der Waals surface area contributed by atoms with Crippen molar-refractivity contribution in [3.8, 4) is 0 Å². The molecule has 1 aromatic heterocycles. The van der Waals surface area contributed by atoms with Crippen LogP contribution in [0, 0.1) is 0 Å². The van der Waals surface area contributed by atoms with Crippen LogP contribution in [0.25, 0.3) is 0 Å². The number of carbonyl (C=O) groups excluding carboxylic acids is 1. The fourth-order valence-electron chi connectivity index (χ4n) is 3.67. The van der Waals surface area contributed by atoms with Crippen molar-refractivity contribution in [2.45, 2.75) is 37.7 Å². The molecule has 1 amide bonds.